The van der Waals surface area contributed by atoms with Crippen molar-refractivity contribution in [1.82, 2.24) is 5.32 Å². The van der Waals surface area contributed by atoms with Gasteiger partial charge in [-0.05, 0) is 49.6 Å². The molecule has 0 saturated heterocycles. The highest BCUT2D eigenvalue weighted by molar-refractivity contribution is 6.35. The summed E-state index contributed by atoms with van der Waals surface area (Å²) in [5.41, 5.74) is 1.99. The van der Waals surface area contributed by atoms with Crippen molar-refractivity contribution in [2.45, 2.75) is 64.6 Å². The van der Waals surface area contributed by atoms with Gasteiger partial charge in [0.15, 0.2) is 11.5 Å². The van der Waals surface area contributed by atoms with Crippen molar-refractivity contribution in [3.8, 4) is 11.5 Å². The molecule has 2 aromatic carbocycles. The molecule has 2 aromatic rings. The zero-order valence-corrected chi connectivity index (χ0v) is 18.0. The Labute approximate surface area is 178 Å². The first-order valence-electron chi connectivity index (χ1n) is 10.2. The molecular weight excluding hydrogens is 393 g/mol. The highest BCUT2D eigenvalue weighted by atomic mass is 35.5. The summed E-state index contributed by atoms with van der Waals surface area (Å²) in [7, 11) is 0. The van der Waals surface area contributed by atoms with Crippen LogP contribution in [-0.2, 0) is 13.2 Å². The molecule has 0 bridgehead atoms. The van der Waals surface area contributed by atoms with Gasteiger partial charge >= 0.3 is 0 Å². The molecule has 0 aromatic heterocycles. The summed E-state index contributed by atoms with van der Waals surface area (Å²) < 4.78 is 11.8. The Balaban J connectivity index is 1.64. The standard InChI is InChI=1S/C23H29Cl2NO2/c1-2-27-23-14-17(15-26-18-8-5-3-4-6-9-18)12-13-22(23)28-16-19-20(24)10-7-11-21(19)25/h7,10-14,18,26H,2-6,8-9,15-16H2,1H3. The van der Waals surface area contributed by atoms with E-state index in [-0.39, 0.29) is 0 Å². The van der Waals surface area contributed by atoms with Crippen molar-refractivity contribution in [3.05, 3.63) is 57.6 Å². The summed E-state index contributed by atoms with van der Waals surface area (Å²) in [4.78, 5) is 0. The second-order valence-corrected chi connectivity index (χ2v) is 8.09. The van der Waals surface area contributed by atoms with Crippen molar-refractivity contribution < 1.29 is 9.47 Å². The smallest absolute Gasteiger partial charge is 0.161 e. The number of hydrogen-bond donors (Lipinski definition) is 1. The maximum absolute atomic E-state index is 6.24. The SMILES string of the molecule is CCOc1cc(CNC2CCCCCC2)ccc1OCc1c(Cl)cccc1Cl. The first kappa shape index (κ1) is 21.3. The third kappa shape index (κ3) is 6.04. The number of halogens is 2. The highest BCUT2D eigenvalue weighted by Crippen LogP contribution is 2.32. The lowest BCUT2D eigenvalue weighted by Gasteiger charge is -2.18. The molecule has 1 saturated carbocycles. The second kappa shape index (κ2) is 10.9. The van der Waals surface area contributed by atoms with E-state index in [2.05, 4.69) is 17.4 Å². The van der Waals surface area contributed by atoms with E-state index >= 15 is 0 Å². The zero-order chi connectivity index (χ0) is 19.8. The van der Waals surface area contributed by atoms with Gasteiger partial charge in [-0.1, -0.05) is 61.0 Å². The second-order valence-electron chi connectivity index (χ2n) is 7.27. The van der Waals surface area contributed by atoms with E-state index in [4.69, 9.17) is 32.7 Å². The van der Waals surface area contributed by atoms with Gasteiger partial charge in [0.1, 0.15) is 6.61 Å². The topological polar surface area (TPSA) is 30.5 Å². The summed E-state index contributed by atoms with van der Waals surface area (Å²) in [6, 6.07) is 12.2. The quantitative estimate of drug-likeness (QED) is 0.476. The van der Waals surface area contributed by atoms with Gasteiger partial charge < -0.3 is 14.8 Å². The van der Waals surface area contributed by atoms with Crippen LogP contribution in [0.4, 0.5) is 0 Å². The van der Waals surface area contributed by atoms with Crippen LogP contribution in [0.25, 0.3) is 0 Å². The molecular formula is C23H29Cl2NO2. The van der Waals surface area contributed by atoms with Crippen LogP contribution in [0.2, 0.25) is 10.0 Å². The van der Waals surface area contributed by atoms with Crippen molar-refractivity contribution in [3.63, 3.8) is 0 Å². The number of benzene rings is 2. The third-order valence-corrected chi connectivity index (χ3v) is 5.90. The monoisotopic (exact) mass is 421 g/mol. The minimum absolute atomic E-state index is 0.304. The Kier molecular flexibility index (Phi) is 8.32. The maximum atomic E-state index is 6.24. The molecule has 152 valence electrons. The van der Waals surface area contributed by atoms with E-state index in [0.29, 0.717) is 35.1 Å². The van der Waals surface area contributed by atoms with E-state index in [1.165, 1.54) is 44.1 Å². The molecule has 3 nitrogen and oxygen atoms in total. The lowest BCUT2D eigenvalue weighted by molar-refractivity contribution is 0.269. The fraction of sp³-hybridized carbons (Fsp3) is 0.478. The summed E-state index contributed by atoms with van der Waals surface area (Å²) >= 11 is 12.5. The third-order valence-electron chi connectivity index (χ3n) is 5.19. The van der Waals surface area contributed by atoms with Crippen LogP contribution in [0.5, 0.6) is 11.5 Å². The average molecular weight is 422 g/mol. The van der Waals surface area contributed by atoms with E-state index < -0.39 is 0 Å². The maximum Gasteiger partial charge on any atom is 0.161 e. The highest BCUT2D eigenvalue weighted by Gasteiger charge is 2.13. The van der Waals surface area contributed by atoms with Gasteiger partial charge in [-0.25, -0.2) is 0 Å². The zero-order valence-electron chi connectivity index (χ0n) is 16.5. The molecule has 0 amide bonds. The molecule has 0 unspecified atom stereocenters. The number of hydrogen-bond acceptors (Lipinski definition) is 3. The Morgan fingerprint density at radius 3 is 2.32 bits per heavy atom. The summed E-state index contributed by atoms with van der Waals surface area (Å²) in [6.45, 7) is 3.72. The summed E-state index contributed by atoms with van der Waals surface area (Å²) in [6.07, 6.45) is 7.96. The fourth-order valence-electron chi connectivity index (χ4n) is 3.62. The Bertz CT molecular complexity index is 738. The molecule has 1 fully saturated rings. The first-order chi connectivity index (χ1) is 13.7. The van der Waals surface area contributed by atoms with Gasteiger partial charge in [-0.2, -0.15) is 0 Å². The number of ether oxygens (including phenoxy) is 2. The Morgan fingerprint density at radius 1 is 0.929 bits per heavy atom. The van der Waals surface area contributed by atoms with Gasteiger partial charge in [-0.3, -0.25) is 0 Å². The molecule has 0 atom stereocenters. The minimum Gasteiger partial charge on any atom is -0.490 e. The molecule has 3 rings (SSSR count). The number of nitrogens with one attached hydrogen (secondary N) is 1. The van der Waals surface area contributed by atoms with Crippen LogP contribution in [0, 0.1) is 0 Å². The van der Waals surface area contributed by atoms with Crippen LogP contribution in [-0.4, -0.2) is 12.6 Å². The molecule has 1 aliphatic rings. The van der Waals surface area contributed by atoms with Gasteiger partial charge in [0.25, 0.3) is 0 Å². The van der Waals surface area contributed by atoms with E-state index in [1.54, 1.807) is 0 Å². The molecule has 1 aliphatic carbocycles. The van der Waals surface area contributed by atoms with Crippen molar-refractivity contribution in [1.29, 1.82) is 0 Å². The van der Waals surface area contributed by atoms with Crippen LogP contribution < -0.4 is 14.8 Å². The predicted molar refractivity (Wildman–Crippen MR) is 117 cm³/mol. The van der Waals surface area contributed by atoms with Crippen LogP contribution in [0.3, 0.4) is 0 Å². The summed E-state index contributed by atoms with van der Waals surface area (Å²) in [5.74, 6) is 1.46. The minimum atomic E-state index is 0.304. The molecule has 0 radical (unpaired) electrons. The molecule has 0 aliphatic heterocycles. The normalized spacial score (nSPS) is 15.2. The first-order valence-corrected chi connectivity index (χ1v) is 11.0. The van der Waals surface area contributed by atoms with Crippen LogP contribution in [0.15, 0.2) is 36.4 Å². The van der Waals surface area contributed by atoms with Gasteiger partial charge in [0.05, 0.1) is 6.61 Å². The molecule has 5 heteroatoms. The lowest BCUT2D eigenvalue weighted by atomic mass is 10.1. The van der Waals surface area contributed by atoms with Gasteiger partial charge in [-0.15, -0.1) is 0 Å². The molecule has 28 heavy (non-hydrogen) atoms. The van der Waals surface area contributed by atoms with E-state index in [1.807, 2.05) is 31.2 Å². The predicted octanol–water partition coefficient (Wildman–Crippen LogP) is 6.78. The lowest BCUT2D eigenvalue weighted by Crippen LogP contribution is -2.27. The van der Waals surface area contributed by atoms with E-state index in [9.17, 15) is 0 Å². The average Bonchev–Trinajstić information content (AvgIpc) is 2.96. The summed E-state index contributed by atoms with van der Waals surface area (Å²) in [5, 5.41) is 4.92. The fourth-order valence-corrected chi connectivity index (χ4v) is 4.12. The largest absolute Gasteiger partial charge is 0.490 e. The van der Waals surface area contributed by atoms with Gasteiger partial charge in [0.2, 0.25) is 0 Å². The van der Waals surface area contributed by atoms with E-state index in [0.717, 1.165) is 17.9 Å². The van der Waals surface area contributed by atoms with Gasteiger partial charge in [0, 0.05) is 28.2 Å². The molecule has 1 N–H and O–H groups in total. The Hall–Kier alpha value is -1.42. The van der Waals surface area contributed by atoms with Crippen LogP contribution in [0.1, 0.15) is 56.6 Å². The van der Waals surface area contributed by atoms with Crippen molar-refractivity contribution >= 4 is 23.2 Å². The van der Waals surface area contributed by atoms with Crippen molar-refractivity contribution in [2.24, 2.45) is 0 Å². The van der Waals surface area contributed by atoms with Crippen LogP contribution >= 0.6 is 23.2 Å². The molecule has 0 spiro atoms. The molecule has 0 heterocycles. The van der Waals surface area contributed by atoms with Crippen molar-refractivity contribution in [2.75, 3.05) is 6.61 Å². The Morgan fingerprint density at radius 2 is 1.64 bits per heavy atom. The number of rotatable bonds is 8.